The standard InChI is InChI=1S/C19H25N3O3.C18H23N3O3/c1-12-7-9-13(10-8-12)20-18(24)21-14-11-15(19(2,3)4)22(5)16(14)17(23)25-6;1-11-6-8-12(9-7-11)19-17(23)20-13-10-14(18(2,3)4)21-15(13)16(22)24-5/h7-11H,1-6H3,(H2,20,21,24);6-10,21H,1-5H3,(H2,19,20,23). The number of urea groups is 2. The van der Waals surface area contributed by atoms with Crippen LogP contribution in [0.5, 0.6) is 0 Å². The molecule has 2 aromatic heterocycles. The molecule has 4 aromatic rings. The van der Waals surface area contributed by atoms with Gasteiger partial charge in [-0.15, -0.1) is 0 Å². The van der Waals surface area contributed by atoms with Gasteiger partial charge in [0.25, 0.3) is 0 Å². The molecule has 0 saturated carbocycles. The van der Waals surface area contributed by atoms with Gasteiger partial charge in [0.1, 0.15) is 5.69 Å². The van der Waals surface area contributed by atoms with Gasteiger partial charge in [-0.05, 0) is 50.2 Å². The smallest absolute Gasteiger partial charge is 0.356 e. The molecule has 2 aromatic carbocycles. The number of amides is 4. The molecule has 0 spiro atoms. The van der Waals surface area contributed by atoms with Crippen molar-refractivity contribution in [3.63, 3.8) is 0 Å². The molecule has 0 saturated heterocycles. The molecule has 12 heteroatoms. The van der Waals surface area contributed by atoms with Crippen LogP contribution in [0.4, 0.5) is 32.3 Å². The van der Waals surface area contributed by atoms with Crippen molar-refractivity contribution >= 4 is 46.8 Å². The maximum absolute atomic E-state index is 12.3. The van der Waals surface area contributed by atoms with Gasteiger partial charge in [-0.2, -0.15) is 0 Å². The van der Waals surface area contributed by atoms with Crippen molar-refractivity contribution in [1.82, 2.24) is 9.55 Å². The Bertz CT molecular complexity index is 1790. The lowest BCUT2D eigenvalue weighted by molar-refractivity contribution is 0.0583. The summed E-state index contributed by atoms with van der Waals surface area (Å²) in [5.41, 5.74) is 6.26. The molecular weight excluding hydrogens is 624 g/mol. The van der Waals surface area contributed by atoms with Crippen molar-refractivity contribution in [3.8, 4) is 0 Å². The average molecular weight is 673 g/mol. The molecule has 5 N–H and O–H groups in total. The number of ether oxygens (including phenoxy) is 2. The van der Waals surface area contributed by atoms with Crippen molar-refractivity contribution in [2.75, 3.05) is 35.5 Å². The quantitative estimate of drug-likeness (QED) is 0.130. The molecule has 4 amide bonds. The zero-order chi connectivity index (χ0) is 36.7. The molecule has 0 unspecified atom stereocenters. The molecule has 262 valence electrons. The number of aryl methyl sites for hydroxylation is 2. The number of nitrogens with one attached hydrogen (secondary N) is 5. The fourth-order valence-electron chi connectivity index (χ4n) is 4.82. The van der Waals surface area contributed by atoms with E-state index in [1.54, 1.807) is 23.7 Å². The van der Waals surface area contributed by atoms with Crippen LogP contribution in [0.3, 0.4) is 0 Å². The van der Waals surface area contributed by atoms with E-state index < -0.39 is 24.0 Å². The predicted molar refractivity (Wildman–Crippen MR) is 194 cm³/mol. The van der Waals surface area contributed by atoms with Gasteiger partial charge in [0.05, 0.1) is 25.6 Å². The Morgan fingerprint density at radius 1 is 0.633 bits per heavy atom. The molecule has 2 heterocycles. The molecular formula is C37H48N6O6. The second-order valence-corrected chi connectivity index (χ2v) is 13.7. The maximum Gasteiger partial charge on any atom is 0.356 e. The van der Waals surface area contributed by atoms with Crippen LogP contribution in [-0.2, 0) is 27.4 Å². The lowest BCUT2D eigenvalue weighted by Crippen LogP contribution is -2.21. The lowest BCUT2D eigenvalue weighted by Gasteiger charge is -2.19. The van der Waals surface area contributed by atoms with Crippen LogP contribution in [0.1, 0.15) is 85.0 Å². The highest BCUT2D eigenvalue weighted by atomic mass is 16.5. The number of aromatic amines is 1. The van der Waals surface area contributed by atoms with Crippen LogP contribution in [0.15, 0.2) is 60.7 Å². The number of esters is 2. The third-order valence-electron chi connectivity index (χ3n) is 7.51. The monoisotopic (exact) mass is 672 g/mol. The van der Waals surface area contributed by atoms with Crippen molar-refractivity contribution in [2.45, 2.75) is 66.2 Å². The summed E-state index contributed by atoms with van der Waals surface area (Å²) in [7, 11) is 4.41. The molecule has 0 aliphatic carbocycles. The molecule has 12 nitrogen and oxygen atoms in total. The molecule has 0 atom stereocenters. The third kappa shape index (κ3) is 10.2. The SMILES string of the molecule is COC(=O)c1[nH]c(C(C)(C)C)cc1NC(=O)Nc1ccc(C)cc1.COC(=O)c1c(NC(=O)Nc2ccc(C)cc2)cc(C(C)(C)C)n1C. The second-order valence-electron chi connectivity index (χ2n) is 13.7. The highest BCUT2D eigenvalue weighted by molar-refractivity contribution is 6.05. The highest BCUT2D eigenvalue weighted by Gasteiger charge is 2.27. The van der Waals surface area contributed by atoms with Gasteiger partial charge in [0.2, 0.25) is 0 Å². The van der Waals surface area contributed by atoms with Gasteiger partial charge in [0, 0.05) is 40.6 Å². The second kappa shape index (κ2) is 15.6. The van der Waals surface area contributed by atoms with Gasteiger partial charge in [0.15, 0.2) is 5.69 Å². The Morgan fingerprint density at radius 3 is 1.49 bits per heavy atom. The lowest BCUT2D eigenvalue weighted by atomic mass is 9.92. The largest absolute Gasteiger partial charge is 0.464 e. The number of benzene rings is 2. The van der Waals surface area contributed by atoms with Crippen molar-refractivity contribution in [3.05, 3.63) is 94.6 Å². The first-order valence-electron chi connectivity index (χ1n) is 15.7. The number of carbonyl (C=O) groups excluding carboxylic acids is 4. The minimum atomic E-state index is -0.531. The van der Waals surface area contributed by atoms with E-state index >= 15 is 0 Å². The zero-order valence-electron chi connectivity index (χ0n) is 30.2. The number of rotatable bonds is 6. The number of carbonyl (C=O) groups is 4. The van der Waals surface area contributed by atoms with Crippen molar-refractivity contribution in [2.24, 2.45) is 7.05 Å². The summed E-state index contributed by atoms with van der Waals surface area (Å²) >= 11 is 0. The van der Waals surface area contributed by atoms with Gasteiger partial charge >= 0.3 is 24.0 Å². The van der Waals surface area contributed by atoms with Gasteiger partial charge in [-0.3, -0.25) is 0 Å². The van der Waals surface area contributed by atoms with E-state index in [2.05, 4.69) is 26.3 Å². The molecule has 4 rings (SSSR count). The minimum Gasteiger partial charge on any atom is -0.464 e. The first-order valence-corrected chi connectivity index (χ1v) is 15.7. The van der Waals surface area contributed by atoms with Crippen LogP contribution in [0.25, 0.3) is 0 Å². The summed E-state index contributed by atoms with van der Waals surface area (Å²) in [6.45, 7) is 16.1. The minimum absolute atomic E-state index is 0.190. The molecule has 0 aliphatic heterocycles. The van der Waals surface area contributed by atoms with Crippen molar-refractivity contribution in [1.29, 1.82) is 0 Å². The van der Waals surface area contributed by atoms with Crippen LogP contribution >= 0.6 is 0 Å². The van der Waals surface area contributed by atoms with E-state index in [0.717, 1.165) is 22.5 Å². The van der Waals surface area contributed by atoms with E-state index in [1.807, 2.05) is 104 Å². The molecule has 0 bridgehead atoms. The number of H-pyrrole nitrogens is 1. The number of methoxy groups -OCH3 is 2. The summed E-state index contributed by atoms with van der Waals surface area (Å²) in [6.07, 6.45) is 0. The summed E-state index contributed by atoms with van der Waals surface area (Å²) in [4.78, 5) is 51.6. The molecule has 0 fully saturated rings. The molecule has 49 heavy (non-hydrogen) atoms. The number of nitrogens with zero attached hydrogens (tertiary/aromatic N) is 1. The van der Waals surface area contributed by atoms with Gasteiger partial charge < -0.3 is 40.3 Å². The van der Waals surface area contributed by atoms with E-state index in [9.17, 15) is 19.2 Å². The Balaban J connectivity index is 0.000000266. The van der Waals surface area contributed by atoms with Gasteiger partial charge in [-0.25, -0.2) is 19.2 Å². The topological polar surface area (TPSA) is 156 Å². The Kier molecular flexibility index (Phi) is 12.1. The normalized spacial score (nSPS) is 11.1. The first-order chi connectivity index (χ1) is 22.8. The summed E-state index contributed by atoms with van der Waals surface area (Å²) in [5.74, 6) is -1.03. The Morgan fingerprint density at radius 2 is 1.08 bits per heavy atom. The number of hydrogen-bond donors (Lipinski definition) is 5. The first kappa shape index (κ1) is 37.9. The van der Waals surface area contributed by atoms with Crippen molar-refractivity contribution < 1.29 is 28.7 Å². The van der Waals surface area contributed by atoms with E-state index in [-0.39, 0.29) is 16.5 Å². The zero-order valence-corrected chi connectivity index (χ0v) is 30.2. The molecule has 0 aliphatic rings. The third-order valence-corrected chi connectivity index (χ3v) is 7.51. The van der Waals surface area contributed by atoms with Gasteiger partial charge in [-0.1, -0.05) is 76.9 Å². The highest BCUT2D eigenvalue weighted by Crippen LogP contribution is 2.31. The number of aromatic nitrogens is 2. The number of anilines is 4. The van der Waals surface area contributed by atoms with Crippen LogP contribution in [-0.4, -0.2) is 47.8 Å². The van der Waals surface area contributed by atoms with E-state index in [1.165, 1.54) is 14.2 Å². The Labute approximate surface area is 288 Å². The fourth-order valence-corrected chi connectivity index (χ4v) is 4.82. The van der Waals surface area contributed by atoms with Crippen LogP contribution < -0.4 is 21.3 Å². The Hall–Kier alpha value is -5.52. The average Bonchev–Trinajstić information content (AvgIpc) is 3.60. The molecule has 0 radical (unpaired) electrons. The summed E-state index contributed by atoms with van der Waals surface area (Å²) < 4.78 is 11.4. The maximum atomic E-state index is 12.3. The van der Waals surface area contributed by atoms with Crippen LogP contribution in [0.2, 0.25) is 0 Å². The number of hydrogen-bond acceptors (Lipinski definition) is 6. The summed E-state index contributed by atoms with van der Waals surface area (Å²) in [6, 6.07) is 17.6. The summed E-state index contributed by atoms with van der Waals surface area (Å²) in [5, 5.41) is 10.9. The fraction of sp³-hybridized carbons (Fsp3) is 0.351. The van der Waals surface area contributed by atoms with E-state index in [4.69, 9.17) is 9.47 Å². The van der Waals surface area contributed by atoms with E-state index in [0.29, 0.717) is 28.4 Å². The predicted octanol–water partition coefficient (Wildman–Crippen LogP) is 8.11. The van der Waals surface area contributed by atoms with Crippen LogP contribution in [0, 0.1) is 13.8 Å².